The van der Waals surface area contributed by atoms with E-state index in [-0.39, 0.29) is 18.4 Å². The van der Waals surface area contributed by atoms with Crippen molar-refractivity contribution in [2.24, 2.45) is 0 Å². The van der Waals surface area contributed by atoms with Crippen LogP contribution in [0.1, 0.15) is 28.8 Å². The summed E-state index contributed by atoms with van der Waals surface area (Å²) in [5.74, 6) is -0.926. The highest BCUT2D eigenvalue weighted by Gasteiger charge is 2.36. The molecule has 6 rings (SSSR count). The molecule has 5 aromatic rings. The minimum atomic E-state index is -1.04. The number of carbonyl (C=O) groups is 4. The van der Waals surface area contributed by atoms with Crippen LogP contribution in [0.3, 0.4) is 0 Å². The van der Waals surface area contributed by atoms with Gasteiger partial charge in [0.25, 0.3) is 5.91 Å². The Kier molecular flexibility index (Phi) is 13.9. The Balaban J connectivity index is 0.778. The van der Waals surface area contributed by atoms with Gasteiger partial charge in [0.1, 0.15) is 18.4 Å². The number of benzene rings is 3. The lowest BCUT2D eigenvalue weighted by Crippen LogP contribution is -2.54. The number of aryl methyl sites for hydroxylation is 1. The van der Waals surface area contributed by atoms with E-state index >= 15 is 0 Å². The van der Waals surface area contributed by atoms with Crippen molar-refractivity contribution >= 4 is 51.6 Å². The lowest BCUT2D eigenvalue weighted by atomic mass is 10.0. The lowest BCUT2D eigenvalue weighted by Gasteiger charge is -2.29. The van der Waals surface area contributed by atoms with Crippen LogP contribution in [0.15, 0.2) is 79.1 Å². The number of H-pyrrole nitrogens is 1. The number of pyridine rings is 1. The number of imide groups is 2. The summed E-state index contributed by atoms with van der Waals surface area (Å²) in [6.07, 6.45) is 4.15. The Morgan fingerprint density at radius 1 is 0.836 bits per heavy atom. The van der Waals surface area contributed by atoms with E-state index in [0.29, 0.717) is 83.7 Å². The van der Waals surface area contributed by atoms with Crippen molar-refractivity contribution in [3.63, 3.8) is 0 Å². The number of fused-ring (bicyclic) bond motifs is 3. The van der Waals surface area contributed by atoms with E-state index in [1.54, 1.807) is 31.3 Å². The van der Waals surface area contributed by atoms with E-state index in [1.807, 2.05) is 24.4 Å². The van der Waals surface area contributed by atoms with Gasteiger partial charge in [-0.2, -0.15) is 0 Å². The molecule has 2 aromatic heterocycles. The number of anilines is 1. The minimum Gasteiger partial charge on any atom is -0.491 e. The molecule has 1 fully saturated rings. The van der Waals surface area contributed by atoms with Crippen LogP contribution in [0.2, 0.25) is 0 Å². The molecular formula is C41H45N5O9. The molecular weight excluding hydrogens is 706 g/mol. The van der Waals surface area contributed by atoms with E-state index < -0.39 is 23.8 Å². The number of rotatable bonds is 21. The second-order valence-corrected chi connectivity index (χ2v) is 12.8. The molecule has 14 nitrogen and oxygen atoms in total. The number of amides is 4. The predicted octanol–water partition coefficient (Wildman–Crippen LogP) is 4.65. The molecule has 14 heteroatoms. The van der Waals surface area contributed by atoms with Crippen molar-refractivity contribution in [1.29, 1.82) is 0 Å². The van der Waals surface area contributed by atoms with Crippen LogP contribution in [-0.4, -0.2) is 111 Å². The number of hydrogen-bond donors (Lipinski definition) is 3. The Hall–Kier alpha value is -5.67. The average Bonchev–Trinajstić information content (AvgIpc) is 3.57. The first kappa shape index (κ1) is 39.0. The molecule has 55 heavy (non-hydrogen) atoms. The topological polar surface area (TPSA) is 170 Å². The molecule has 0 radical (unpaired) electrons. The van der Waals surface area contributed by atoms with E-state index in [1.165, 1.54) is 0 Å². The SMILES string of the molecule is Cc1cccc(NCCOCCOCCOCCOCCOc2ccc(-c3ccc4c(c3)[nH]c3ccncc34)cc2)c1C(=O)N(C=O)C1CCC(=O)NC1=O. The number of aromatic amines is 1. The first-order valence-electron chi connectivity index (χ1n) is 18.3. The van der Waals surface area contributed by atoms with E-state index in [4.69, 9.17) is 23.7 Å². The van der Waals surface area contributed by atoms with Crippen LogP contribution < -0.4 is 15.4 Å². The molecule has 3 aromatic carbocycles. The van der Waals surface area contributed by atoms with Crippen LogP contribution in [0.4, 0.5) is 5.69 Å². The molecule has 0 bridgehead atoms. The number of aromatic nitrogens is 2. The van der Waals surface area contributed by atoms with Crippen LogP contribution in [0, 0.1) is 6.92 Å². The maximum absolute atomic E-state index is 13.4. The Morgan fingerprint density at radius 3 is 2.24 bits per heavy atom. The predicted molar refractivity (Wildman–Crippen MR) is 206 cm³/mol. The van der Waals surface area contributed by atoms with Gasteiger partial charge in [0.2, 0.25) is 18.2 Å². The van der Waals surface area contributed by atoms with Crippen molar-refractivity contribution in [3.8, 4) is 16.9 Å². The van der Waals surface area contributed by atoms with Gasteiger partial charge in [0.15, 0.2) is 0 Å². The molecule has 1 atom stereocenters. The minimum absolute atomic E-state index is 0.0517. The fraction of sp³-hybridized carbons (Fsp3) is 0.341. The van der Waals surface area contributed by atoms with Crippen molar-refractivity contribution < 1.29 is 42.9 Å². The summed E-state index contributed by atoms with van der Waals surface area (Å²) in [6, 6.07) is 20.6. The summed E-state index contributed by atoms with van der Waals surface area (Å²) in [5.41, 5.74) is 5.81. The fourth-order valence-corrected chi connectivity index (χ4v) is 6.35. The quantitative estimate of drug-likeness (QED) is 0.0542. The van der Waals surface area contributed by atoms with Crippen molar-refractivity contribution in [3.05, 3.63) is 90.3 Å². The Morgan fingerprint density at radius 2 is 1.53 bits per heavy atom. The van der Waals surface area contributed by atoms with Gasteiger partial charge in [-0.05, 0) is 60.4 Å². The molecule has 1 saturated heterocycles. The highest BCUT2D eigenvalue weighted by molar-refractivity contribution is 6.10. The summed E-state index contributed by atoms with van der Waals surface area (Å²) < 4.78 is 28.2. The van der Waals surface area contributed by atoms with Crippen molar-refractivity contribution in [2.75, 3.05) is 71.3 Å². The highest BCUT2D eigenvalue weighted by Crippen LogP contribution is 2.30. The standard InChI is InChI=1S/C41H45N5O9/c1-28-3-2-4-35(39(28)41(50)46(27-47)37-11-12-38(48)45-40(37)49)43-15-16-51-17-18-52-19-20-53-21-22-54-23-24-55-31-8-5-29(6-9-31)30-7-10-32-33-26-42-14-13-34(33)44-36(32)25-30/h2-10,13-14,25-27,37,43-44H,11-12,15-24H2,1H3,(H,45,48,49). The zero-order valence-corrected chi connectivity index (χ0v) is 30.7. The summed E-state index contributed by atoms with van der Waals surface area (Å²) in [6.45, 7) is 5.88. The van der Waals surface area contributed by atoms with Gasteiger partial charge in [-0.1, -0.05) is 36.4 Å². The maximum Gasteiger partial charge on any atom is 0.263 e. The zero-order chi connectivity index (χ0) is 38.4. The van der Waals surface area contributed by atoms with Gasteiger partial charge >= 0.3 is 0 Å². The molecule has 1 aliphatic rings. The first-order valence-corrected chi connectivity index (χ1v) is 18.3. The third kappa shape index (κ3) is 10.3. The third-order valence-corrected chi connectivity index (χ3v) is 9.14. The van der Waals surface area contributed by atoms with E-state index in [0.717, 1.165) is 43.6 Å². The van der Waals surface area contributed by atoms with Crippen LogP contribution in [-0.2, 0) is 33.3 Å². The van der Waals surface area contributed by atoms with E-state index in [2.05, 4.69) is 50.9 Å². The van der Waals surface area contributed by atoms with Crippen molar-refractivity contribution in [1.82, 2.24) is 20.2 Å². The van der Waals surface area contributed by atoms with Crippen LogP contribution in [0.25, 0.3) is 32.9 Å². The summed E-state index contributed by atoms with van der Waals surface area (Å²) >= 11 is 0. The number of carbonyl (C=O) groups excluding carboxylic acids is 4. The molecule has 1 unspecified atom stereocenters. The molecule has 0 saturated carbocycles. The van der Waals surface area contributed by atoms with Gasteiger partial charge in [0.05, 0.1) is 58.4 Å². The molecule has 3 N–H and O–H groups in total. The van der Waals surface area contributed by atoms with E-state index in [9.17, 15) is 19.2 Å². The number of nitrogens with zero attached hydrogens (tertiary/aromatic N) is 2. The molecule has 1 aliphatic heterocycles. The summed E-state index contributed by atoms with van der Waals surface area (Å²) in [7, 11) is 0. The van der Waals surface area contributed by atoms with Crippen molar-refractivity contribution in [2.45, 2.75) is 25.8 Å². The maximum atomic E-state index is 13.4. The summed E-state index contributed by atoms with van der Waals surface area (Å²) in [5, 5.41) is 7.64. The normalized spacial score (nSPS) is 14.2. The van der Waals surface area contributed by atoms with Gasteiger partial charge in [-0.3, -0.25) is 34.4 Å². The number of piperidine rings is 1. The van der Waals surface area contributed by atoms with Crippen LogP contribution in [0.5, 0.6) is 5.75 Å². The lowest BCUT2D eigenvalue weighted by molar-refractivity contribution is -0.139. The Labute approximate surface area is 318 Å². The van der Waals surface area contributed by atoms with Gasteiger partial charge in [-0.25, -0.2) is 0 Å². The highest BCUT2D eigenvalue weighted by atomic mass is 16.6. The molecule has 4 amide bonds. The first-order chi connectivity index (χ1) is 26.9. The molecule has 0 spiro atoms. The molecule has 288 valence electrons. The second kappa shape index (κ2) is 19.6. The van der Waals surface area contributed by atoms with Gasteiger partial charge in [-0.15, -0.1) is 0 Å². The number of nitrogens with one attached hydrogen (secondary N) is 3. The molecule has 3 heterocycles. The number of hydrogen-bond acceptors (Lipinski definition) is 11. The molecule has 0 aliphatic carbocycles. The van der Waals surface area contributed by atoms with Gasteiger partial charge in [0, 0.05) is 52.9 Å². The second-order valence-electron chi connectivity index (χ2n) is 12.8. The summed E-state index contributed by atoms with van der Waals surface area (Å²) in [4.78, 5) is 57.6. The Bertz CT molecular complexity index is 2080. The van der Waals surface area contributed by atoms with Crippen LogP contribution >= 0.6 is 0 Å². The largest absolute Gasteiger partial charge is 0.491 e. The smallest absolute Gasteiger partial charge is 0.263 e. The monoisotopic (exact) mass is 751 g/mol. The average molecular weight is 752 g/mol. The third-order valence-electron chi connectivity index (χ3n) is 9.14. The van der Waals surface area contributed by atoms with Gasteiger partial charge < -0.3 is 34.0 Å². The fourth-order valence-electron chi connectivity index (χ4n) is 6.35. The number of ether oxygens (including phenoxy) is 5. The zero-order valence-electron chi connectivity index (χ0n) is 30.7.